The molecule has 0 fully saturated rings. The Bertz CT molecular complexity index is 1410. The van der Waals surface area contributed by atoms with Gasteiger partial charge in [0.15, 0.2) is 0 Å². The molecule has 1 unspecified atom stereocenters. The third-order valence-electron chi connectivity index (χ3n) is 6.58. The summed E-state index contributed by atoms with van der Waals surface area (Å²) in [5, 5.41) is 22.4. The maximum Gasteiger partial charge on any atom is 0.316 e. The number of aromatic hydroxyl groups is 2. The second kappa shape index (κ2) is 11.8. The van der Waals surface area contributed by atoms with Crippen LogP contribution in [0.4, 0.5) is 0 Å². The van der Waals surface area contributed by atoms with Crippen molar-refractivity contribution >= 4 is 33.5 Å². The molecule has 6 nitrogen and oxygen atoms in total. The molecule has 0 saturated heterocycles. The zero-order valence-electron chi connectivity index (χ0n) is 21.9. The van der Waals surface area contributed by atoms with Gasteiger partial charge < -0.3 is 19.7 Å². The molecule has 4 rings (SSSR count). The second-order valence-electron chi connectivity index (χ2n) is 9.61. The van der Waals surface area contributed by atoms with Gasteiger partial charge in [-0.1, -0.05) is 69.3 Å². The summed E-state index contributed by atoms with van der Waals surface area (Å²) in [4.78, 5) is 23.9. The number of carbonyl (C=O) groups is 2. The van der Waals surface area contributed by atoms with Crippen molar-refractivity contribution in [3.8, 4) is 23.0 Å². The van der Waals surface area contributed by atoms with Gasteiger partial charge in [0, 0.05) is 21.5 Å². The molecule has 0 aliphatic rings. The lowest BCUT2D eigenvalue weighted by atomic mass is 9.90. The van der Waals surface area contributed by atoms with Gasteiger partial charge in [0.1, 0.15) is 23.0 Å². The SMILES string of the molecule is CCC(C)(C)C(=O)Oc1cccc2c(O)cccc12.CCC(C)C(=O)Oc1cccc2c(O)cccc12. The summed E-state index contributed by atoms with van der Waals surface area (Å²) in [6.07, 6.45) is 1.46. The van der Waals surface area contributed by atoms with E-state index in [1.54, 1.807) is 60.7 Å². The number of ether oxygens (including phenoxy) is 2. The largest absolute Gasteiger partial charge is 0.507 e. The monoisotopic (exact) mass is 502 g/mol. The smallest absolute Gasteiger partial charge is 0.316 e. The van der Waals surface area contributed by atoms with Crippen LogP contribution in [0.15, 0.2) is 72.8 Å². The van der Waals surface area contributed by atoms with Crippen LogP contribution in [0.25, 0.3) is 21.5 Å². The molecule has 2 N–H and O–H groups in total. The number of hydrogen-bond donors (Lipinski definition) is 2. The van der Waals surface area contributed by atoms with Crippen molar-refractivity contribution in [2.45, 2.75) is 47.5 Å². The average Bonchev–Trinajstić information content (AvgIpc) is 2.89. The number of phenolic OH excluding ortho intramolecular Hbond substituents is 2. The van der Waals surface area contributed by atoms with E-state index in [2.05, 4.69) is 0 Å². The van der Waals surface area contributed by atoms with Gasteiger partial charge >= 0.3 is 11.9 Å². The maximum atomic E-state index is 12.1. The minimum absolute atomic E-state index is 0.127. The summed E-state index contributed by atoms with van der Waals surface area (Å²) in [5.74, 6) is 0.726. The first-order valence-electron chi connectivity index (χ1n) is 12.4. The van der Waals surface area contributed by atoms with Crippen LogP contribution in [-0.4, -0.2) is 22.2 Å². The fourth-order valence-corrected chi connectivity index (χ4v) is 3.47. The van der Waals surface area contributed by atoms with Crippen molar-refractivity contribution < 1.29 is 29.3 Å². The number of esters is 2. The van der Waals surface area contributed by atoms with Gasteiger partial charge in [-0.05, 0) is 51.0 Å². The number of benzene rings is 4. The van der Waals surface area contributed by atoms with Gasteiger partial charge in [-0.3, -0.25) is 9.59 Å². The van der Waals surface area contributed by atoms with E-state index in [1.807, 2.05) is 46.8 Å². The standard InChI is InChI=1S/C16H18O3.C15H16O3/c1-4-16(2,3)15(18)19-14-10-6-7-11-12(14)8-5-9-13(11)17;1-3-10(2)15(17)18-14-9-5-6-11-12(14)7-4-8-13(11)16/h5-10,17H,4H2,1-3H3;4-10,16H,3H2,1-2H3. The summed E-state index contributed by atoms with van der Waals surface area (Å²) in [6.45, 7) is 9.46. The fourth-order valence-electron chi connectivity index (χ4n) is 3.47. The normalized spacial score (nSPS) is 11.9. The topological polar surface area (TPSA) is 93.1 Å². The van der Waals surface area contributed by atoms with Crippen LogP contribution in [0.5, 0.6) is 23.0 Å². The van der Waals surface area contributed by atoms with E-state index in [0.717, 1.165) is 17.2 Å². The van der Waals surface area contributed by atoms with Crippen LogP contribution in [0.3, 0.4) is 0 Å². The van der Waals surface area contributed by atoms with E-state index in [0.29, 0.717) is 28.7 Å². The Kier molecular flexibility index (Phi) is 8.77. The lowest BCUT2D eigenvalue weighted by molar-refractivity contribution is -0.144. The molecule has 0 aliphatic heterocycles. The summed E-state index contributed by atoms with van der Waals surface area (Å²) in [5.41, 5.74) is -0.515. The molecular weight excluding hydrogens is 468 g/mol. The Balaban J connectivity index is 0.000000206. The summed E-state index contributed by atoms with van der Waals surface area (Å²) < 4.78 is 10.9. The Labute approximate surface area is 217 Å². The quantitative estimate of drug-likeness (QED) is 0.211. The molecule has 4 aromatic rings. The molecular formula is C31H34O6. The summed E-state index contributed by atoms with van der Waals surface area (Å²) in [6, 6.07) is 21.0. The van der Waals surface area contributed by atoms with Gasteiger partial charge in [-0.2, -0.15) is 0 Å². The Morgan fingerprint density at radius 3 is 1.62 bits per heavy atom. The van der Waals surface area contributed by atoms with Crippen LogP contribution in [0.2, 0.25) is 0 Å². The van der Waals surface area contributed by atoms with Gasteiger partial charge in [-0.15, -0.1) is 0 Å². The first-order valence-corrected chi connectivity index (χ1v) is 12.4. The zero-order valence-corrected chi connectivity index (χ0v) is 21.9. The van der Waals surface area contributed by atoms with Crippen molar-refractivity contribution in [2.75, 3.05) is 0 Å². The van der Waals surface area contributed by atoms with Crippen LogP contribution >= 0.6 is 0 Å². The average molecular weight is 503 g/mol. The molecule has 0 aromatic heterocycles. The molecule has 6 heteroatoms. The summed E-state index contributed by atoms with van der Waals surface area (Å²) >= 11 is 0. The highest BCUT2D eigenvalue weighted by Crippen LogP contribution is 2.33. The first kappa shape index (κ1) is 27.5. The minimum Gasteiger partial charge on any atom is -0.507 e. The van der Waals surface area contributed by atoms with Crippen molar-refractivity contribution in [3.05, 3.63) is 72.8 Å². The van der Waals surface area contributed by atoms with Gasteiger partial charge in [-0.25, -0.2) is 0 Å². The second-order valence-corrected chi connectivity index (χ2v) is 9.61. The van der Waals surface area contributed by atoms with E-state index in [1.165, 1.54) is 0 Å². The van der Waals surface area contributed by atoms with Crippen molar-refractivity contribution in [1.82, 2.24) is 0 Å². The highest BCUT2D eigenvalue weighted by atomic mass is 16.5. The third kappa shape index (κ3) is 6.39. The number of fused-ring (bicyclic) bond motifs is 2. The number of carbonyl (C=O) groups excluding carboxylic acids is 2. The number of phenols is 2. The first-order chi connectivity index (χ1) is 17.6. The third-order valence-corrected chi connectivity index (χ3v) is 6.58. The maximum absolute atomic E-state index is 12.1. The molecule has 1 atom stereocenters. The molecule has 37 heavy (non-hydrogen) atoms. The molecule has 0 radical (unpaired) electrons. The van der Waals surface area contributed by atoms with Crippen LogP contribution in [-0.2, 0) is 9.59 Å². The molecule has 0 amide bonds. The van der Waals surface area contributed by atoms with Crippen molar-refractivity contribution in [2.24, 2.45) is 11.3 Å². The van der Waals surface area contributed by atoms with Gasteiger partial charge in [0.05, 0.1) is 11.3 Å². The molecule has 0 heterocycles. The van der Waals surface area contributed by atoms with Crippen molar-refractivity contribution in [1.29, 1.82) is 0 Å². The predicted molar refractivity (Wildman–Crippen MR) is 146 cm³/mol. The van der Waals surface area contributed by atoms with E-state index in [9.17, 15) is 19.8 Å². The van der Waals surface area contributed by atoms with Crippen LogP contribution in [0.1, 0.15) is 47.5 Å². The summed E-state index contributed by atoms with van der Waals surface area (Å²) in [7, 11) is 0. The number of rotatable bonds is 6. The zero-order chi connectivity index (χ0) is 27.2. The fraction of sp³-hybridized carbons (Fsp3) is 0.290. The molecule has 0 spiro atoms. The Morgan fingerprint density at radius 1 is 0.730 bits per heavy atom. The lowest BCUT2D eigenvalue weighted by Crippen LogP contribution is -2.28. The van der Waals surface area contributed by atoms with Crippen molar-refractivity contribution in [3.63, 3.8) is 0 Å². The molecule has 0 bridgehead atoms. The van der Waals surface area contributed by atoms with Crippen LogP contribution < -0.4 is 9.47 Å². The highest BCUT2D eigenvalue weighted by Gasteiger charge is 2.28. The highest BCUT2D eigenvalue weighted by molar-refractivity contribution is 5.95. The number of hydrogen-bond acceptors (Lipinski definition) is 6. The predicted octanol–water partition coefficient (Wildman–Crippen LogP) is 7.38. The van der Waals surface area contributed by atoms with Crippen LogP contribution in [0, 0.1) is 11.3 Å². The van der Waals surface area contributed by atoms with E-state index in [-0.39, 0.29) is 29.4 Å². The van der Waals surface area contributed by atoms with E-state index >= 15 is 0 Å². The lowest BCUT2D eigenvalue weighted by Gasteiger charge is -2.20. The Hall–Kier alpha value is -4.06. The van der Waals surface area contributed by atoms with E-state index < -0.39 is 5.41 Å². The molecule has 0 saturated carbocycles. The Morgan fingerprint density at radius 2 is 1.16 bits per heavy atom. The molecule has 194 valence electrons. The van der Waals surface area contributed by atoms with E-state index in [4.69, 9.17) is 9.47 Å². The minimum atomic E-state index is -0.515. The van der Waals surface area contributed by atoms with Gasteiger partial charge in [0.25, 0.3) is 0 Å². The van der Waals surface area contributed by atoms with Gasteiger partial charge in [0.2, 0.25) is 0 Å². The molecule has 0 aliphatic carbocycles. The molecule has 4 aromatic carbocycles.